The van der Waals surface area contributed by atoms with Gasteiger partial charge in [0.1, 0.15) is 5.82 Å². The van der Waals surface area contributed by atoms with Crippen molar-refractivity contribution in [3.63, 3.8) is 0 Å². The first-order valence-electron chi connectivity index (χ1n) is 12.1. The molecule has 0 radical (unpaired) electrons. The number of fused-ring (bicyclic) bond motifs is 4. The summed E-state index contributed by atoms with van der Waals surface area (Å²) < 4.78 is 15.7. The topological polar surface area (TPSA) is 63.9 Å². The number of halogens is 1. The Morgan fingerprint density at radius 3 is 2.55 bits per heavy atom. The number of carbonyl (C=O) groups is 1. The zero-order chi connectivity index (χ0) is 22.4. The van der Waals surface area contributed by atoms with Crippen LogP contribution < -0.4 is 4.90 Å². The Hall–Kier alpha value is -3.09. The monoisotopic (exact) mass is 445 g/mol. The van der Waals surface area contributed by atoms with Gasteiger partial charge in [-0.1, -0.05) is 32.1 Å². The van der Waals surface area contributed by atoms with E-state index in [-0.39, 0.29) is 23.3 Å². The van der Waals surface area contributed by atoms with E-state index >= 15 is 0 Å². The van der Waals surface area contributed by atoms with Gasteiger partial charge in [0.15, 0.2) is 5.82 Å². The molecule has 2 aliphatic carbocycles. The molecular weight excluding hydrogens is 417 g/mol. The quantitative estimate of drug-likeness (QED) is 0.533. The number of nitrogens with zero attached hydrogens (tertiary/aromatic N) is 5. The molecule has 6 nitrogen and oxygen atoms in total. The van der Waals surface area contributed by atoms with Gasteiger partial charge in [-0.3, -0.25) is 14.7 Å². The van der Waals surface area contributed by atoms with Gasteiger partial charge in [-0.2, -0.15) is 4.98 Å². The second-order valence-corrected chi connectivity index (χ2v) is 9.69. The van der Waals surface area contributed by atoms with Crippen molar-refractivity contribution in [3.05, 3.63) is 60.2 Å². The van der Waals surface area contributed by atoms with Gasteiger partial charge < -0.3 is 0 Å². The summed E-state index contributed by atoms with van der Waals surface area (Å²) in [5.41, 5.74) is 1.24. The average Bonchev–Trinajstić information content (AvgIpc) is 3.32. The molecule has 6 rings (SSSR count). The number of rotatable bonds is 2. The maximum atomic E-state index is 13.9. The normalized spacial score (nSPS) is 23.7. The third kappa shape index (κ3) is 3.28. The molecule has 1 amide bonds. The number of hydrogen-bond donors (Lipinski definition) is 0. The van der Waals surface area contributed by atoms with Crippen molar-refractivity contribution in [2.75, 3.05) is 4.90 Å². The molecule has 1 aromatic carbocycles. The largest absolute Gasteiger partial charge is 0.273 e. The minimum atomic E-state index is -0.344. The molecule has 0 saturated heterocycles. The van der Waals surface area contributed by atoms with E-state index < -0.39 is 0 Å². The maximum absolute atomic E-state index is 13.9. The lowest BCUT2D eigenvalue weighted by atomic mass is 9.64. The van der Waals surface area contributed by atoms with E-state index in [0.717, 1.165) is 37.7 Å². The molecule has 1 aliphatic heterocycles. The van der Waals surface area contributed by atoms with Crippen molar-refractivity contribution in [2.24, 2.45) is 5.92 Å². The summed E-state index contributed by atoms with van der Waals surface area (Å²) in [5, 5.41) is 5.04. The SMILES string of the molecule is O=C(c1ccc(F)cc1)N1c2nc(-c3cccnc3)nn2C2(CCCCC2)C2CCCCC21. The number of aromatic nitrogens is 4. The molecule has 1 spiro atoms. The molecule has 2 saturated carbocycles. The minimum absolute atomic E-state index is 0.0906. The van der Waals surface area contributed by atoms with Gasteiger partial charge in [-0.25, -0.2) is 9.07 Å². The predicted molar refractivity (Wildman–Crippen MR) is 123 cm³/mol. The highest BCUT2D eigenvalue weighted by atomic mass is 19.1. The molecule has 0 N–H and O–H groups in total. The van der Waals surface area contributed by atoms with Crippen molar-refractivity contribution in [3.8, 4) is 11.4 Å². The first-order valence-corrected chi connectivity index (χ1v) is 12.1. The van der Waals surface area contributed by atoms with Gasteiger partial charge >= 0.3 is 0 Å². The van der Waals surface area contributed by atoms with E-state index in [9.17, 15) is 9.18 Å². The number of benzene rings is 1. The van der Waals surface area contributed by atoms with Crippen molar-refractivity contribution in [2.45, 2.75) is 69.4 Å². The Morgan fingerprint density at radius 2 is 1.79 bits per heavy atom. The molecule has 0 bridgehead atoms. The Bertz CT molecular complexity index is 1150. The van der Waals surface area contributed by atoms with Crippen LogP contribution in [-0.4, -0.2) is 31.7 Å². The fourth-order valence-electron chi connectivity index (χ4n) is 6.45. The molecule has 170 valence electrons. The van der Waals surface area contributed by atoms with Gasteiger partial charge in [-0.05, 0) is 62.1 Å². The third-order valence-corrected chi connectivity index (χ3v) is 7.93. The first-order chi connectivity index (χ1) is 16.2. The molecule has 3 heterocycles. The average molecular weight is 446 g/mol. The van der Waals surface area contributed by atoms with E-state index in [1.54, 1.807) is 24.5 Å². The summed E-state index contributed by atoms with van der Waals surface area (Å²) in [7, 11) is 0. The van der Waals surface area contributed by atoms with Crippen molar-refractivity contribution in [1.82, 2.24) is 19.7 Å². The Morgan fingerprint density at radius 1 is 1.00 bits per heavy atom. The lowest BCUT2D eigenvalue weighted by Crippen LogP contribution is -2.61. The van der Waals surface area contributed by atoms with E-state index in [4.69, 9.17) is 10.1 Å². The van der Waals surface area contributed by atoms with Crippen LogP contribution in [0.3, 0.4) is 0 Å². The van der Waals surface area contributed by atoms with Gasteiger partial charge in [0.05, 0.1) is 5.54 Å². The second-order valence-electron chi connectivity index (χ2n) is 9.69. The maximum Gasteiger partial charge on any atom is 0.260 e. The van der Waals surface area contributed by atoms with Gasteiger partial charge in [0.25, 0.3) is 5.91 Å². The molecule has 7 heteroatoms. The minimum Gasteiger partial charge on any atom is -0.273 e. The highest BCUT2D eigenvalue weighted by molar-refractivity contribution is 6.06. The molecule has 2 unspecified atom stereocenters. The van der Waals surface area contributed by atoms with Crippen LogP contribution in [0.5, 0.6) is 0 Å². The Labute approximate surface area is 192 Å². The lowest BCUT2D eigenvalue weighted by molar-refractivity contribution is 0.0314. The Kier molecular flexibility index (Phi) is 5.00. The summed E-state index contributed by atoms with van der Waals surface area (Å²) in [6.07, 6.45) is 13.6. The predicted octanol–water partition coefficient (Wildman–Crippen LogP) is 5.36. The summed E-state index contributed by atoms with van der Waals surface area (Å²) in [6.45, 7) is 0. The standard InChI is InChI=1S/C26H28FN5O/c27-20-12-10-18(11-13-20)24(33)31-22-9-3-2-8-21(22)26(14-4-1-5-15-26)32-25(31)29-23(30-32)19-7-6-16-28-17-19/h6-7,10-13,16-17,21-22H,1-5,8-9,14-15H2. The molecule has 2 atom stereocenters. The van der Waals surface area contributed by atoms with Gasteiger partial charge in [0.2, 0.25) is 5.95 Å². The number of pyridine rings is 1. The zero-order valence-corrected chi connectivity index (χ0v) is 18.7. The highest BCUT2D eigenvalue weighted by Crippen LogP contribution is 2.53. The summed E-state index contributed by atoms with van der Waals surface area (Å²) >= 11 is 0. The van der Waals surface area contributed by atoms with Crippen LogP contribution in [0.1, 0.15) is 68.1 Å². The van der Waals surface area contributed by atoms with Crippen LogP contribution >= 0.6 is 0 Å². The van der Waals surface area contributed by atoms with Crippen LogP contribution in [0.15, 0.2) is 48.8 Å². The van der Waals surface area contributed by atoms with Crippen molar-refractivity contribution in [1.29, 1.82) is 0 Å². The van der Waals surface area contributed by atoms with Crippen molar-refractivity contribution < 1.29 is 9.18 Å². The molecular formula is C26H28FN5O. The number of anilines is 1. The molecule has 2 aromatic heterocycles. The van der Waals surface area contributed by atoms with E-state index in [1.165, 1.54) is 37.8 Å². The summed E-state index contributed by atoms with van der Waals surface area (Å²) in [6, 6.07) is 9.78. The number of amides is 1. The van der Waals surface area contributed by atoms with Crippen LogP contribution in [0, 0.1) is 11.7 Å². The molecule has 3 aromatic rings. The van der Waals surface area contributed by atoms with Crippen LogP contribution in [0.2, 0.25) is 0 Å². The van der Waals surface area contributed by atoms with Gasteiger partial charge in [0, 0.05) is 35.5 Å². The molecule has 2 fully saturated rings. The molecule has 33 heavy (non-hydrogen) atoms. The fraction of sp³-hybridized carbons (Fsp3) is 0.462. The Balaban J connectivity index is 1.54. The van der Waals surface area contributed by atoms with Crippen LogP contribution in [0.4, 0.5) is 10.3 Å². The van der Waals surface area contributed by atoms with E-state index in [2.05, 4.69) is 9.67 Å². The van der Waals surface area contributed by atoms with E-state index in [0.29, 0.717) is 23.3 Å². The lowest BCUT2D eigenvalue weighted by Gasteiger charge is -2.55. The summed E-state index contributed by atoms with van der Waals surface area (Å²) in [4.78, 5) is 24.9. The zero-order valence-electron chi connectivity index (χ0n) is 18.7. The van der Waals surface area contributed by atoms with Crippen molar-refractivity contribution >= 4 is 11.9 Å². The number of carbonyl (C=O) groups excluding carboxylic acids is 1. The highest BCUT2D eigenvalue weighted by Gasteiger charge is 2.55. The first kappa shape index (κ1) is 20.5. The van der Waals surface area contributed by atoms with Crippen LogP contribution in [0.25, 0.3) is 11.4 Å². The van der Waals surface area contributed by atoms with Crippen LogP contribution in [-0.2, 0) is 5.54 Å². The number of hydrogen-bond acceptors (Lipinski definition) is 4. The summed E-state index contributed by atoms with van der Waals surface area (Å²) in [5.74, 6) is 1.13. The smallest absolute Gasteiger partial charge is 0.260 e. The second kappa shape index (κ2) is 8.04. The fourth-order valence-corrected chi connectivity index (χ4v) is 6.45. The third-order valence-electron chi connectivity index (χ3n) is 7.93. The molecule has 3 aliphatic rings. The van der Waals surface area contributed by atoms with Gasteiger partial charge in [-0.15, -0.1) is 5.10 Å². The van der Waals surface area contributed by atoms with E-state index in [1.807, 2.05) is 17.0 Å².